The van der Waals surface area contributed by atoms with Crippen LogP contribution in [0.3, 0.4) is 0 Å². The van der Waals surface area contributed by atoms with Crippen LogP contribution in [0.4, 0.5) is 5.95 Å². The molecule has 0 aliphatic carbocycles. The second-order valence-corrected chi connectivity index (χ2v) is 5.27. The van der Waals surface area contributed by atoms with Crippen LogP contribution in [0.2, 0.25) is 0 Å². The van der Waals surface area contributed by atoms with Gasteiger partial charge in [0.15, 0.2) is 0 Å². The van der Waals surface area contributed by atoms with Crippen molar-refractivity contribution in [3.63, 3.8) is 0 Å². The zero-order valence-corrected chi connectivity index (χ0v) is 12.6. The minimum atomic E-state index is -0.222. The molecule has 0 saturated carbocycles. The maximum Gasteiger partial charge on any atom is 0.259 e. The number of hydrogen-bond donors (Lipinski definition) is 1. The number of carbonyl (C=O) groups excluding carboxylic acids is 1. The van der Waals surface area contributed by atoms with E-state index in [1.807, 2.05) is 45.0 Å². The van der Waals surface area contributed by atoms with E-state index in [4.69, 9.17) is 0 Å². The van der Waals surface area contributed by atoms with Gasteiger partial charge in [0.25, 0.3) is 5.91 Å². The molecule has 19 heavy (non-hydrogen) atoms. The SMILES string of the molecule is Cc1ccc(Br)c(C(=O)Nc2nc(C)cc(C)n2)c1. The number of nitrogens with zero attached hydrogens (tertiary/aromatic N) is 2. The molecule has 2 rings (SSSR count). The van der Waals surface area contributed by atoms with E-state index in [0.29, 0.717) is 11.5 Å². The molecule has 0 spiro atoms. The van der Waals surface area contributed by atoms with Crippen LogP contribution in [-0.4, -0.2) is 15.9 Å². The molecule has 1 heterocycles. The minimum Gasteiger partial charge on any atom is -0.290 e. The van der Waals surface area contributed by atoms with Crippen molar-refractivity contribution in [2.45, 2.75) is 20.8 Å². The van der Waals surface area contributed by atoms with Gasteiger partial charge in [-0.15, -0.1) is 0 Å². The predicted octanol–water partition coefficient (Wildman–Crippen LogP) is 3.42. The molecule has 0 fully saturated rings. The Labute approximate surface area is 120 Å². The van der Waals surface area contributed by atoms with Gasteiger partial charge >= 0.3 is 0 Å². The van der Waals surface area contributed by atoms with Gasteiger partial charge in [0.05, 0.1) is 5.56 Å². The fourth-order valence-electron chi connectivity index (χ4n) is 1.76. The summed E-state index contributed by atoms with van der Waals surface area (Å²) in [5, 5.41) is 2.72. The summed E-state index contributed by atoms with van der Waals surface area (Å²) in [6, 6.07) is 7.47. The molecule has 0 aliphatic heterocycles. The van der Waals surface area contributed by atoms with E-state index in [0.717, 1.165) is 21.4 Å². The first kappa shape index (κ1) is 13.7. The Morgan fingerprint density at radius 2 is 1.74 bits per heavy atom. The normalized spacial score (nSPS) is 10.3. The van der Waals surface area contributed by atoms with Gasteiger partial charge in [-0.1, -0.05) is 11.6 Å². The Morgan fingerprint density at radius 1 is 1.11 bits per heavy atom. The number of benzene rings is 1. The third kappa shape index (κ3) is 3.38. The molecule has 0 saturated heterocycles. The standard InChI is InChI=1S/C14H14BrN3O/c1-8-4-5-12(15)11(6-8)13(19)18-14-16-9(2)7-10(3)17-14/h4-7H,1-3H3,(H,16,17,18,19). The lowest BCUT2D eigenvalue weighted by atomic mass is 10.1. The Hall–Kier alpha value is -1.75. The van der Waals surface area contributed by atoms with Crippen LogP contribution >= 0.6 is 15.9 Å². The summed E-state index contributed by atoms with van der Waals surface area (Å²) < 4.78 is 0.750. The summed E-state index contributed by atoms with van der Waals surface area (Å²) >= 11 is 3.37. The van der Waals surface area contributed by atoms with E-state index in [2.05, 4.69) is 31.2 Å². The van der Waals surface area contributed by atoms with Crippen molar-refractivity contribution < 1.29 is 4.79 Å². The molecular formula is C14H14BrN3O. The first-order valence-electron chi connectivity index (χ1n) is 5.85. The Morgan fingerprint density at radius 3 is 2.37 bits per heavy atom. The number of rotatable bonds is 2. The highest BCUT2D eigenvalue weighted by Crippen LogP contribution is 2.19. The summed E-state index contributed by atoms with van der Waals surface area (Å²) in [6.07, 6.45) is 0. The van der Waals surface area contributed by atoms with E-state index >= 15 is 0 Å². The molecule has 1 amide bonds. The molecule has 0 radical (unpaired) electrons. The summed E-state index contributed by atoms with van der Waals surface area (Å²) in [4.78, 5) is 20.6. The third-order valence-corrected chi connectivity index (χ3v) is 3.27. The number of nitrogens with one attached hydrogen (secondary N) is 1. The highest BCUT2D eigenvalue weighted by atomic mass is 79.9. The van der Waals surface area contributed by atoms with Gasteiger partial charge in [-0.3, -0.25) is 10.1 Å². The van der Waals surface area contributed by atoms with Gasteiger partial charge in [-0.25, -0.2) is 9.97 Å². The van der Waals surface area contributed by atoms with Crippen molar-refractivity contribution in [3.8, 4) is 0 Å². The fraction of sp³-hybridized carbons (Fsp3) is 0.214. The zero-order chi connectivity index (χ0) is 14.0. The molecule has 4 nitrogen and oxygen atoms in total. The molecule has 5 heteroatoms. The average Bonchev–Trinajstić information content (AvgIpc) is 2.30. The van der Waals surface area contributed by atoms with E-state index in [1.165, 1.54) is 0 Å². The van der Waals surface area contributed by atoms with Gasteiger partial charge in [0, 0.05) is 15.9 Å². The number of anilines is 1. The molecule has 0 aliphatic rings. The van der Waals surface area contributed by atoms with Crippen LogP contribution in [0.5, 0.6) is 0 Å². The summed E-state index contributed by atoms with van der Waals surface area (Å²) in [5.41, 5.74) is 3.25. The van der Waals surface area contributed by atoms with Crippen LogP contribution in [0.1, 0.15) is 27.3 Å². The van der Waals surface area contributed by atoms with Gasteiger partial charge in [0.1, 0.15) is 0 Å². The Kier molecular flexibility index (Phi) is 3.95. The number of hydrogen-bond acceptors (Lipinski definition) is 3. The highest BCUT2D eigenvalue weighted by Gasteiger charge is 2.12. The monoisotopic (exact) mass is 319 g/mol. The van der Waals surface area contributed by atoms with Crippen molar-refractivity contribution in [2.24, 2.45) is 0 Å². The van der Waals surface area contributed by atoms with Crippen LogP contribution in [-0.2, 0) is 0 Å². The minimum absolute atomic E-state index is 0.222. The number of aryl methyl sites for hydroxylation is 3. The van der Waals surface area contributed by atoms with E-state index in [-0.39, 0.29) is 5.91 Å². The Balaban J connectivity index is 2.28. The second kappa shape index (κ2) is 5.48. The predicted molar refractivity (Wildman–Crippen MR) is 78.3 cm³/mol. The molecule has 2 aromatic rings. The van der Waals surface area contributed by atoms with Crippen molar-refractivity contribution >= 4 is 27.8 Å². The number of halogens is 1. The van der Waals surface area contributed by atoms with Crippen LogP contribution in [0.25, 0.3) is 0 Å². The first-order chi connectivity index (χ1) is 8.95. The lowest BCUT2D eigenvalue weighted by Gasteiger charge is -2.07. The lowest BCUT2D eigenvalue weighted by molar-refractivity contribution is 0.102. The number of aromatic nitrogens is 2. The summed E-state index contributed by atoms with van der Waals surface area (Å²) in [7, 11) is 0. The van der Waals surface area contributed by atoms with Crippen LogP contribution in [0.15, 0.2) is 28.7 Å². The quantitative estimate of drug-likeness (QED) is 0.922. The molecule has 0 unspecified atom stereocenters. The first-order valence-corrected chi connectivity index (χ1v) is 6.65. The number of carbonyl (C=O) groups is 1. The van der Waals surface area contributed by atoms with Crippen molar-refractivity contribution in [3.05, 3.63) is 51.3 Å². The Bertz CT molecular complexity index is 620. The molecule has 1 aromatic carbocycles. The second-order valence-electron chi connectivity index (χ2n) is 4.41. The lowest BCUT2D eigenvalue weighted by Crippen LogP contribution is -2.15. The molecular weight excluding hydrogens is 306 g/mol. The maximum atomic E-state index is 12.2. The van der Waals surface area contributed by atoms with Gasteiger partial charge in [0.2, 0.25) is 5.95 Å². The zero-order valence-electron chi connectivity index (χ0n) is 11.0. The summed E-state index contributed by atoms with van der Waals surface area (Å²) in [5.74, 6) is 0.108. The smallest absolute Gasteiger partial charge is 0.259 e. The van der Waals surface area contributed by atoms with E-state index in [9.17, 15) is 4.79 Å². The number of amides is 1. The van der Waals surface area contributed by atoms with E-state index in [1.54, 1.807) is 0 Å². The largest absolute Gasteiger partial charge is 0.290 e. The molecule has 98 valence electrons. The van der Waals surface area contributed by atoms with Crippen LogP contribution in [0, 0.1) is 20.8 Å². The topological polar surface area (TPSA) is 54.9 Å². The molecule has 1 aromatic heterocycles. The van der Waals surface area contributed by atoms with Crippen molar-refractivity contribution in [1.29, 1.82) is 0 Å². The fourth-order valence-corrected chi connectivity index (χ4v) is 2.19. The van der Waals surface area contributed by atoms with E-state index < -0.39 is 0 Å². The van der Waals surface area contributed by atoms with Crippen LogP contribution < -0.4 is 5.32 Å². The highest BCUT2D eigenvalue weighted by molar-refractivity contribution is 9.10. The van der Waals surface area contributed by atoms with Gasteiger partial charge in [-0.05, 0) is 54.9 Å². The molecule has 0 atom stereocenters. The third-order valence-electron chi connectivity index (χ3n) is 2.57. The van der Waals surface area contributed by atoms with Crippen molar-refractivity contribution in [2.75, 3.05) is 5.32 Å². The van der Waals surface area contributed by atoms with Crippen molar-refractivity contribution in [1.82, 2.24) is 9.97 Å². The molecule has 0 bridgehead atoms. The van der Waals surface area contributed by atoms with Gasteiger partial charge in [-0.2, -0.15) is 0 Å². The summed E-state index contributed by atoms with van der Waals surface area (Å²) in [6.45, 7) is 5.68. The molecule has 1 N–H and O–H groups in total. The van der Waals surface area contributed by atoms with Gasteiger partial charge < -0.3 is 0 Å². The maximum absolute atomic E-state index is 12.2. The average molecular weight is 320 g/mol.